The Hall–Kier alpha value is 2.38. The van der Waals surface area contributed by atoms with Crippen LogP contribution in [0.5, 0.6) is 0 Å². The van der Waals surface area contributed by atoms with Gasteiger partial charge in [0, 0.05) is 0 Å². The van der Waals surface area contributed by atoms with Crippen molar-refractivity contribution in [2.45, 2.75) is 0 Å². The number of hydrogen-bond acceptors (Lipinski definition) is 7. The fourth-order valence-corrected chi connectivity index (χ4v) is 1.10. The Labute approximate surface area is 177 Å². The van der Waals surface area contributed by atoms with Crippen LogP contribution < -0.4 is 19.6 Å². The largest absolute Gasteiger partial charge is 2.00 e. The molecule has 21 heavy (non-hydrogen) atoms. The van der Waals surface area contributed by atoms with Crippen LogP contribution in [0.25, 0.3) is 0 Å². The molecule has 0 amide bonds. The second-order valence-electron chi connectivity index (χ2n) is 0.976. The standard InChI is InChI=1S/2Ca.H4O7P2.10H2O/c;;1-8(2,3)7-9(4,5)6;;;;;;;;;;/h;;(H2,1,2,3)(H2,4,5,6);10*1H2/q2*+2;;;;;;;;;;;/p-4. The molecule has 0 radical (unpaired) electrons. The van der Waals surface area contributed by atoms with Crippen molar-refractivity contribution in [3.63, 3.8) is 0 Å². The van der Waals surface area contributed by atoms with Crippen LogP contribution in [0.2, 0.25) is 0 Å². The number of hydrogen-bond donors (Lipinski definition) is 0. The van der Waals surface area contributed by atoms with Gasteiger partial charge in [-0.2, -0.15) is 0 Å². The predicted molar refractivity (Wildman–Crippen MR) is 63.9 cm³/mol. The minimum absolute atomic E-state index is 0. The molecule has 0 unspecified atom stereocenters. The molecule has 21 heteroatoms. The zero-order valence-electron chi connectivity index (χ0n) is 10.2. The third kappa shape index (κ3) is 132. The minimum Gasteiger partial charge on any atom is -0.790 e. The third-order valence-electron chi connectivity index (χ3n) is 0.200. The molecule has 17 nitrogen and oxygen atoms in total. The van der Waals surface area contributed by atoms with Crippen molar-refractivity contribution in [2.24, 2.45) is 0 Å². The topological polar surface area (TPSA) is 451 Å². The Morgan fingerprint density at radius 3 is 0.571 bits per heavy atom. The van der Waals surface area contributed by atoms with Crippen molar-refractivity contribution in [1.29, 1.82) is 0 Å². The van der Waals surface area contributed by atoms with Crippen LogP contribution in [0.4, 0.5) is 0 Å². The Morgan fingerprint density at radius 2 is 0.571 bits per heavy atom. The first-order valence-corrected chi connectivity index (χ1v) is 4.38. The van der Waals surface area contributed by atoms with E-state index in [1.807, 2.05) is 0 Å². The molecule has 0 aromatic rings. The fraction of sp³-hybridized carbons (Fsp3) is 0. The second-order valence-corrected chi connectivity index (χ2v) is 3.42. The van der Waals surface area contributed by atoms with Gasteiger partial charge in [0.05, 0.1) is 15.6 Å². The van der Waals surface area contributed by atoms with Crippen LogP contribution in [0.1, 0.15) is 0 Å². The normalized spacial score (nSPS) is 5.90. The summed E-state index contributed by atoms with van der Waals surface area (Å²) in [6.07, 6.45) is 0. The average Bonchev–Trinajstić information content (AvgIpc) is 1.14. The molecular formula is H20Ca2O17P2. The van der Waals surface area contributed by atoms with Gasteiger partial charge >= 0.3 is 75.5 Å². The fourth-order valence-electron chi connectivity index (χ4n) is 0.122. The van der Waals surface area contributed by atoms with Crippen LogP contribution in [-0.2, 0) is 13.4 Å². The quantitative estimate of drug-likeness (QED) is 0.297. The predicted octanol–water partition coefficient (Wildman–Crippen LogP) is -12.3. The van der Waals surface area contributed by atoms with E-state index in [0.717, 1.165) is 0 Å². The Morgan fingerprint density at radius 1 is 0.476 bits per heavy atom. The van der Waals surface area contributed by atoms with Gasteiger partial charge in [0.2, 0.25) is 0 Å². The summed E-state index contributed by atoms with van der Waals surface area (Å²) in [6.45, 7) is 0. The molecule has 0 rings (SSSR count). The zero-order valence-corrected chi connectivity index (χ0v) is 16.4. The smallest absolute Gasteiger partial charge is 0.790 e. The summed E-state index contributed by atoms with van der Waals surface area (Å²) in [7, 11) is -11.4. The molecule has 0 spiro atoms. The van der Waals surface area contributed by atoms with Crippen LogP contribution in [0.3, 0.4) is 0 Å². The molecule has 0 aromatic carbocycles. The molecule has 0 bridgehead atoms. The van der Waals surface area contributed by atoms with Crippen molar-refractivity contribution in [1.82, 2.24) is 0 Å². The van der Waals surface area contributed by atoms with E-state index < -0.39 is 15.6 Å². The molecule has 0 aliphatic heterocycles. The molecule has 136 valence electrons. The first kappa shape index (κ1) is 109. The summed E-state index contributed by atoms with van der Waals surface area (Å²) in [5.74, 6) is 0. The minimum atomic E-state index is -5.68. The molecule has 0 saturated heterocycles. The van der Waals surface area contributed by atoms with Gasteiger partial charge in [0.15, 0.2) is 0 Å². The van der Waals surface area contributed by atoms with E-state index >= 15 is 0 Å². The van der Waals surface area contributed by atoms with Gasteiger partial charge in [-0.3, -0.25) is 0 Å². The first-order valence-electron chi connectivity index (χ1n) is 1.46. The first-order chi connectivity index (χ1) is 3.71. The Balaban J connectivity index is -0.00000000485. The van der Waals surface area contributed by atoms with Crippen molar-refractivity contribution in [3.8, 4) is 0 Å². The molecule has 0 aromatic heterocycles. The van der Waals surface area contributed by atoms with E-state index in [1.165, 1.54) is 0 Å². The zero-order chi connectivity index (χ0) is 7.71. The second kappa shape index (κ2) is 43.2. The molecule has 0 fully saturated rings. The summed E-state index contributed by atoms with van der Waals surface area (Å²) in [6, 6.07) is 0. The van der Waals surface area contributed by atoms with Gasteiger partial charge in [-0.15, -0.1) is 0 Å². The number of rotatable bonds is 2. The molecule has 20 N–H and O–H groups in total. The van der Waals surface area contributed by atoms with Gasteiger partial charge in [-0.05, 0) is 0 Å². The Bertz CT molecular complexity index is 159. The van der Waals surface area contributed by atoms with E-state index in [2.05, 4.69) is 4.31 Å². The van der Waals surface area contributed by atoms with E-state index in [9.17, 15) is 28.7 Å². The SMILES string of the molecule is O.O.O.O.O.O.O.O.O.O.O=P([O-])([O-])OP(=O)([O-])[O-].[Ca+2].[Ca+2]. The van der Waals surface area contributed by atoms with Crippen molar-refractivity contribution >= 4 is 91.1 Å². The molecule has 0 aliphatic carbocycles. The maximum Gasteiger partial charge on any atom is 2.00 e. The van der Waals surface area contributed by atoms with Crippen LogP contribution >= 0.6 is 15.6 Å². The summed E-state index contributed by atoms with van der Waals surface area (Å²) >= 11 is 0. The van der Waals surface area contributed by atoms with E-state index in [1.54, 1.807) is 0 Å². The van der Waals surface area contributed by atoms with Crippen molar-refractivity contribution in [2.75, 3.05) is 0 Å². The van der Waals surface area contributed by atoms with Gasteiger partial charge in [-0.1, -0.05) is 0 Å². The van der Waals surface area contributed by atoms with Crippen molar-refractivity contribution in [3.05, 3.63) is 0 Å². The molecule has 0 aliphatic rings. The number of phosphoric acid groups is 2. The van der Waals surface area contributed by atoms with E-state index in [0.29, 0.717) is 0 Å². The van der Waals surface area contributed by atoms with Gasteiger partial charge < -0.3 is 87.8 Å². The maximum atomic E-state index is 9.32. The van der Waals surface area contributed by atoms with Gasteiger partial charge in [0.25, 0.3) is 0 Å². The van der Waals surface area contributed by atoms with Crippen LogP contribution in [-0.4, -0.2) is 130 Å². The van der Waals surface area contributed by atoms with E-state index in [-0.39, 0.29) is 130 Å². The summed E-state index contributed by atoms with van der Waals surface area (Å²) in [5, 5.41) is 0. The van der Waals surface area contributed by atoms with Gasteiger partial charge in [0.1, 0.15) is 0 Å². The van der Waals surface area contributed by atoms with Crippen LogP contribution in [0.15, 0.2) is 0 Å². The molecule has 0 saturated carbocycles. The summed E-state index contributed by atoms with van der Waals surface area (Å²) in [5.41, 5.74) is 0. The van der Waals surface area contributed by atoms with E-state index in [4.69, 9.17) is 0 Å². The Kier molecular flexibility index (Phi) is 224. The third-order valence-corrected chi connectivity index (χ3v) is 1.80. The maximum absolute atomic E-state index is 9.32. The molecule has 0 heterocycles. The molecular weight excluding hydrogens is 414 g/mol. The monoisotopic (exact) mass is 434 g/mol. The summed E-state index contributed by atoms with van der Waals surface area (Å²) in [4.78, 5) is 37.3. The van der Waals surface area contributed by atoms with Gasteiger partial charge in [-0.25, -0.2) is 0 Å². The van der Waals surface area contributed by atoms with Crippen LogP contribution in [0, 0.1) is 0 Å². The summed E-state index contributed by atoms with van der Waals surface area (Å²) < 4.78 is 21.2. The van der Waals surface area contributed by atoms with Crippen molar-refractivity contribution < 1.29 is 87.8 Å². The average molecular weight is 434 g/mol. The molecule has 0 atom stereocenters.